The zero-order valence-electron chi connectivity index (χ0n) is 29.8. The topological polar surface area (TPSA) is 110 Å². The molecule has 1 aromatic rings. The predicted molar refractivity (Wildman–Crippen MR) is 186 cm³/mol. The molecule has 0 saturated carbocycles. The predicted octanol–water partition coefficient (Wildman–Crippen LogP) is 8.34. The van der Waals surface area contributed by atoms with Crippen LogP contribution in [0, 0.1) is 0 Å². The van der Waals surface area contributed by atoms with Crippen LogP contribution in [0.3, 0.4) is 0 Å². The Balaban J connectivity index is 0.0000212. The molecule has 47 heavy (non-hydrogen) atoms. The third-order valence-electron chi connectivity index (χ3n) is 8.21. The van der Waals surface area contributed by atoms with Crippen molar-refractivity contribution in [3.8, 4) is 0 Å². The minimum atomic E-state index is -5.04. The normalized spacial score (nSPS) is 11.6. The standard InChI is InChI=1S/C38H62O7S.K/c1-3-5-7-9-11-13-15-17-19-21-23-25-27-32-44-37(39)34-30-29-31-35(46(41,42)43)36(34)38(40)45-33-28-26-24-22-20-18-16-14-12-10-8-6-4-2;/h27-33H,3-26H2,1-2H3,(H,41,42,43);/q;+1/p-1/b32-27+,33-28+;. The fourth-order valence-electron chi connectivity index (χ4n) is 5.45. The molecule has 0 amide bonds. The summed E-state index contributed by atoms with van der Waals surface area (Å²) in [6.45, 7) is 4.46. The second-order valence-electron chi connectivity index (χ2n) is 12.3. The van der Waals surface area contributed by atoms with Crippen LogP contribution in [-0.4, -0.2) is 24.9 Å². The first-order valence-electron chi connectivity index (χ1n) is 18.1. The fourth-order valence-corrected chi connectivity index (χ4v) is 6.14. The van der Waals surface area contributed by atoms with Crippen LogP contribution in [0.15, 0.2) is 47.8 Å². The van der Waals surface area contributed by atoms with Gasteiger partial charge >= 0.3 is 63.3 Å². The molecular formula is C38H61KO7S. The van der Waals surface area contributed by atoms with Crippen LogP contribution in [-0.2, 0) is 19.6 Å². The molecule has 1 rings (SSSR count). The monoisotopic (exact) mass is 700 g/mol. The zero-order chi connectivity index (χ0) is 33.7. The van der Waals surface area contributed by atoms with Crippen molar-refractivity contribution in [2.45, 2.75) is 173 Å². The molecule has 0 N–H and O–H groups in total. The number of hydrogen-bond donors (Lipinski definition) is 0. The first kappa shape index (κ1) is 46.2. The van der Waals surface area contributed by atoms with E-state index in [0.29, 0.717) is 6.42 Å². The first-order valence-corrected chi connectivity index (χ1v) is 19.5. The molecule has 0 spiro atoms. The summed E-state index contributed by atoms with van der Waals surface area (Å²) in [5.74, 6) is -2.03. The quantitative estimate of drug-likeness (QED) is 0.0272. The molecular weight excluding hydrogens is 640 g/mol. The van der Waals surface area contributed by atoms with E-state index >= 15 is 0 Å². The minimum Gasteiger partial charge on any atom is -0.744 e. The molecule has 9 heteroatoms. The van der Waals surface area contributed by atoms with E-state index in [1.807, 2.05) is 0 Å². The van der Waals surface area contributed by atoms with E-state index in [1.54, 1.807) is 12.2 Å². The van der Waals surface area contributed by atoms with Crippen LogP contribution in [0.2, 0.25) is 0 Å². The Hall–Kier alpha value is -0.814. The Bertz CT molecular complexity index is 1120. The zero-order valence-corrected chi connectivity index (χ0v) is 33.7. The molecule has 1 aromatic carbocycles. The van der Waals surface area contributed by atoms with Gasteiger partial charge < -0.3 is 14.0 Å². The molecule has 0 radical (unpaired) electrons. The molecule has 0 fully saturated rings. The largest absolute Gasteiger partial charge is 1.00 e. The van der Waals surface area contributed by atoms with Crippen LogP contribution in [0.5, 0.6) is 0 Å². The third kappa shape index (κ3) is 24.1. The molecule has 0 aliphatic heterocycles. The summed E-state index contributed by atoms with van der Waals surface area (Å²) in [5, 5.41) is 0. The molecule has 0 aliphatic carbocycles. The summed E-state index contributed by atoms with van der Waals surface area (Å²) in [6, 6.07) is 3.47. The second kappa shape index (κ2) is 31.2. The Morgan fingerprint density at radius 1 is 0.596 bits per heavy atom. The number of unbranched alkanes of at least 4 members (excludes halogenated alkanes) is 22. The number of esters is 2. The van der Waals surface area contributed by atoms with Gasteiger partial charge in [0.05, 0.1) is 28.5 Å². The molecule has 0 aromatic heterocycles. The molecule has 7 nitrogen and oxygen atoms in total. The van der Waals surface area contributed by atoms with E-state index in [9.17, 15) is 22.6 Å². The van der Waals surface area contributed by atoms with E-state index in [1.165, 1.54) is 134 Å². The van der Waals surface area contributed by atoms with Crippen molar-refractivity contribution in [3.63, 3.8) is 0 Å². The van der Waals surface area contributed by atoms with Crippen molar-refractivity contribution in [1.29, 1.82) is 0 Å². The maximum atomic E-state index is 12.9. The maximum absolute atomic E-state index is 12.9. The molecule has 0 saturated heterocycles. The van der Waals surface area contributed by atoms with Crippen LogP contribution >= 0.6 is 0 Å². The molecule has 0 bridgehead atoms. The average Bonchev–Trinajstić information content (AvgIpc) is 3.04. The number of carbonyl (C=O) groups is 2. The van der Waals surface area contributed by atoms with Crippen molar-refractivity contribution < 1.29 is 83.4 Å². The number of ether oxygens (including phenoxy) is 2. The minimum absolute atomic E-state index is 0. The Labute approximate surface area is 329 Å². The number of benzene rings is 1. The summed E-state index contributed by atoms with van der Waals surface area (Å²) >= 11 is 0. The smallest absolute Gasteiger partial charge is 0.744 e. The average molecular weight is 701 g/mol. The molecule has 0 heterocycles. The van der Waals surface area contributed by atoms with E-state index < -0.39 is 32.5 Å². The van der Waals surface area contributed by atoms with Gasteiger partial charge in [0.1, 0.15) is 10.1 Å². The summed E-state index contributed by atoms with van der Waals surface area (Å²) in [7, 11) is -5.04. The van der Waals surface area contributed by atoms with Crippen molar-refractivity contribution in [2.75, 3.05) is 0 Å². The van der Waals surface area contributed by atoms with Gasteiger partial charge in [0.25, 0.3) is 0 Å². The Morgan fingerprint density at radius 3 is 1.34 bits per heavy atom. The van der Waals surface area contributed by atoms with Gasteiger partial charge in [0.15, 0.2) is 0 Å². The van der Waals surface area contributed by atoms with Gasteiger partial charge in [-0.1, -0.05) is 148 Å². The van der Waals surface area contributed by atoms with Gasteiger partial charge in [-0.05, 0) is 50.0 Å². The second-order valence-corrected chi connectivity index (χ2v) is 13.7. The number of rotatable bonds is 29. The number of carbonyl (C=O) groups excluding carboxylic acids is 2. The summed E-state index contributed by atoms with van der Waals surface area (Å²) in [6.07, 6.45) is 34.6. The van der Waals surface area contributed by atoms with Crippen molar-refractivity contribution in [3.05, 3.63) is 54.0 Å². The van der Waals surface area contributed by atoms with E-state index in [2.05, 4.69) is 13.8 Å². The summed E-state index contributed by atoms with van der Waals surface area (Å²) in [4.78, 5) is 24.8. The number of allylic oxidation sites excluding steroid dienone is 2. The third-order valence-corrected chi connectivity index (χ3v) is 9.09. The Morgan fingerprint density at radius 2 is 0.957 bits per heavy atom. The molecule has 0 aliphatic rings. The van der Waals surface area contributed by atoms with Crippen LogP contribution < -0.4 is 51.4 Å². The molecule has 0 atom stereocenters. The van der Waals surface area contributed by atoms with Crippen molar-refractivity contribution in [1.82, 2.24) is 0 Å². The van der Waals surface area contributed by atoms with E-state index in [4.69, 9.17) is 9.47 Å². The number of hydrogen-bond acceptors (Lipinski definition) is 7. The van der Waals surface area contributed by atoms with Gasteiger partial charge in [-0.25, -0.2) is 18.0 Å². The van der Waals surface area contributed by atoms with E-state index in [-0.39, 0.29) is 56.9 Å². The van der Waals surface area contributed by atoms with Crippen LogP contribution in [0.1, 0.15) is 189 Å². The van der Waals surface area contributed by atoms with Gasteiger partial charge in [-0.15, -0.1) is 0 Å². The fraction of sp³-hybridized carbons (Fsp3) is 0.684. The first-order chi connectivity index (χ1) is 22.3. The van der Waals surface area contributed by atoms with E-state index in [0.717, 1.165) is 44.6 Å². The maximum Gasteiger partial charge on any atom is 1.00 e. The summed E-state index contributed by atoms with van der Waals surface area (Å²) < 4.78 is 46.0. The SMILES string of the molecule is CCCCCCCCCCCCC/C=C/OC(=O)c1cccc(S(=O)(=O)[O-])c1C(=O)O/C=C/CCCCCCCCCCCCC.[K+]. The Kier molecular flexibility index (Phi) is 30.6. The summed E-state index contributed by atoms with van der Waals surface area (Å²) in [5.41, 5.74) is -0.944. The van der Waals surface area contributed by atoms with Crippen molar-refractivity contribution in [2.24, 2.45) is 0 Å². The van der Waals surface area contributed by atoms with Gasteiger partial charge in [-0.2, -0.15) is 0 Å². The van der Waals surface area contributed by atoms with Gasteiger partial charge in [0, 0.05) is 0 Å². The molecule has 0 unspecified atom stereocenters. The van der Waals surface area contributed by atoms with Crippen molar-refractivity contribution >= 4 is 22.1 Å². The van der Waals surface area contributed by atoms with Gasteiger partial charge in [0.2, 0.25) is 0 Å². The van der Waals surface area contributed by atoms with Crippen LogP contribution in [0.4, 0.5) is 0 Å². The van der Waals surface area contributed by atoms with Crippen LogP contribution in [0.25, 0.3) is 0 Å². The van der Waals surface area contributed by atoms with Gasteiger partial charge in [-0.3, -0.25) is 0 Å². The molecule has 262 valence electrons.